The van der Waals surface area contributed by atoms with Gasteiger partial charge in [-0.25, -0.2) is 13.1 Å². The van der Waals surface area contributed by atoms with Crippen LogP contribution in [0.4, 0.5) is 0 Å². The molecule has 2 aliphatic rings. The predicted octanol–water partition coefficient (Wildman–Crippen LogP) is 1.91. The van der Waals surface area contributed by atoms with Crippen molar-refractivity contribution in [3.8, 4) is 17.2 Å². The molecule has 1 atom stereocenters. The molecule has 24 heavy (non-hydrogen) atoms. The molecule has 0 fully saturated rings. The first-order chi connectivity index (χ1) is 11.6. The van der Waals surface area contributed by atoms with Crippen molar-refractivity contribution in [2.24, 2.45) is 0 Å². The number of sulfonamides is 1. The first-order valence-corrected chi connectivity index (χ1v) is 9.23. The van der Waals surface area contributed by atoms with Gasteiger partial charge in [-0.15, -0.1) is 0 Å². The fourth-order valence-electron chi connectivity index (χ4n) is 2.88. The molecule has 0 aliphatic carbocycles. The van der Waals surface area contributed by atoms with Crippen molar-refractivity contribution in [3.05, 3.63) is 48.0 Å². The number of hydrogen-bond acceptors (Lipinski definition) is 5. The van der Waals surface area contributed by atoms with E-state index in [-0.39, 0.29) is 17.4 Å². The zero-order chi connectivity index (χ0) is 16.6. The van der Waals surface area contributed by atoms with Gasteiger partial charge < -0.3 is 14.2 Å². The molecule has 0 radical (unpaired) electrons. The van der Waals surface area contributed by atoms with E-state index in [0.717, 1.165) is 11.3 Å². The Balaban J connectivity index is 1.50. The van der Waals surface area contributed by atoms with Crippen LogP contribution < -0.4 is 18.9 Å². The SMILES string of the molecule is O=S(=O)(NCC1COc2ccccc21)c1ccc2c(c1)OCCO2. The van der Waals surface area contributed by atoms with Crippen LogP contribution in [-0.4, -0.2) is 34.8 Å². The number of fused-ring (bicyclic) bond motifs is 2. The standard InChI is InChI=1S/C17H17NO5S/c19-24(20,13-5-6-16-17(9-13)22-8-7-21-16)18-10-12-11-23-15-4-2-1-3-14(12)15/h1-6,9,12,18H,7-8,10-11H2. The van der Waals surface area contributed by atoms with Crippen LogP contribution >= 0.6 is 0 Å². The van der Waals surface area contributed by atoms with E-state index in [0.29, 0.717) is 31.3 Å². The topological polar surface area (TPSA) is 73.9 Å². The maximum absolute atomic E-state index is 12.5. The number of para-hydroxylation sites is 1. The lowest BCUT2D eigenvalue weighted by Crippen LogP contribution is -2.29. The van der Waals surface area contributed by atoms with Gasteiger partial charge in [-0.05, 0) is 18.2 Å². The summed E-state index contributed by atoms with van der Waals surface area (Å²) in [5, 5.41) is 0. The highest BCUT2D eigenvalue weighted by Crippen LogP contribution is 2.34. The third kappa shape index (κ3) is 2.81. The van der Waals surface area contributed by atoms with Gasteiger partial charge >= 0.3 is 0 Å². The maximum atomic E-state index is 12.5. The minimum atomic E-state index is -3.62. The summed E-state index contributed by atoms with van der Waals surface area (Å²) in [7, 11) is -3.62. The second-order valence-electron chi connectivity index (χ2n) is 5.70. The molecule has 1 unspecified atom stereocenters. The van der Waals surface area contributed by atoms with E-state index < -0.39 is 10.0 Å². The molecule has 0 spiro atoms. The van der Waals surface area contributed by atoms with E-state index in [1.165, 1.54) is 12.1 Å². The van der Waals surface area contributed by atoms with Crippen molar-refractivity contribution in [1.29, 1.82) is 0 Å². The van der Waals surface area contributed by atoms with Crippen molar-refractivity contribution in [2.45, 2.75) is 10.8 Å². The van der Waals surface area contributed by atoms with E-state index in [2.05, 4.69) is 4.72 Å². The van der Waals surface area contributed by atoms with Gasteiger partial charge in [-0.1, -0.05) is 18.2 Å². The monoisotopic (exact) mass is 347 g/mol. The third-order valence-electron chi connectivity index (χ3n) is 4.14. The van der Waals surface area contributed by atoms with E-state index in [1.807, 2.05) is 24.3 Å². The highest BCUT2D eigenvalue weighted by atomic mass is 32.2. The Morgan fingerprint density at radius 2 is 1.75 bits per heavy atom. The summed E-state index contributed by atoms with van der Waals surface area (Å²) in [6.45, 7) is 1.65. The average Bonchev–Trinajstić information content (AvgIpc) is 3.03. The van der Waals surface area contributed by atoms with E-state index in [1.54, 1.807) is 6.07 Å². The Kier molecular flexibility index (Phi) is 3.82. The number of ether oxygens (including phenoxy) is 3. The molecular weight excluding hydrogens is 330 g/mol. The zero-order valence-electron chi connectivity index (χ0n) is 12.9. The normalized spacial score (nSPS) is 18.8. The highest BCUT2D eigenvalue weighted by molar-refractivity contribution is 7.89. The number of hydrogen-bond donors (Lipinski definition) is 1. The highest BCUT2D eigenvalue weighted by Gasteiger charge is 2.26. The van der Waals surface area contributed by atoms with Crippen LogP contribution in [0, 0.1) is 0 Å². The predicted molar refractivity (Wildman–Crippen MR) is 87.3 cm³/mol. The van der Waals surface area contributed by atoms with Gasteiger partial charge in [0.25, 0.3) is 0 Å². The Morgan fingerprint density at radius 3 is 2.62 bits per heavy atom. The number of rotatable bonds is 4. The van der Waals surface area contributed by atoms with Crippen LogP contribution in [0.1, 0.15) is 11.5 Å². The molecule has 2 aromatic rings. The molecule has 7 heteroatoms. The lowest BCUT2D eigenvalue weighted by atomic mass is 10.0. The number of benzene rings is 2. The summed E-state index contributed by atoms with van der Waals surface area (Å²) in [6.07, 6.45) is 0. The van der Waals surface area contributed by atoms with Crippen LogP contribution in [0.5, 0.6) is 17.2 Å². The smallest absolute Gasteiger partial charge is 0.240 e. The van der Waals surface area contributed by atoms with Gasteiger partial charge in [-0.2, -0.15) is 0 Å². The van der Waals surface area contributed by atoms with Crippen molar-refractivity contribution in [1.82, 2.24) is 4.72 Å². The van der Waals surface area contributed by atoms with Gasteiger partial charge in [0.2, 0.25) is 10.0 Å². The Labute approximate surface area is 140 Å². The van der Waals surface area contributed by atoms with Crippen molar-refractivity contribution < 1.29 is 22.6 Å². The lowest BCUT2D eigenvalue weighted by Gasteiger charge is -2.19. The maximum Gasteiger partial charge on any atom is 0.240 e. The summed E-state index contributed by atoms with van der Waals surface area (Å²) in [6, 6.07) is 12.3. The van der Waals surface area contributed by atoms with Gasteiger partial charge in [0.15, 0.2) is 11.5 Å². The molecule has 1 N–H and O–H groups in total. The Morgan fingerprint density at radius 1 is 0.958 bits per heavy atom. The van der Waals surface area contributed by atoms with Crippen LogP contribution in [0.15, 0.2) is 47.4 Å². The van der Waals surface area contributed by atoms with E-state index in [9.17, 15) is 8.42 Å². The molecule has 0 amide bonds. The van der Waals surface area contributed by atoms with Gasteiger partial charge in [0.05, 0.1) is 11.5 Å². The molecule has 0 saturated carbocycles. The van der Waals surface area contributed by atoms with Crippen molar-refractivity contribution in [3.63, 3.8) is 0 Å². The average molecular weight is 347 g/mol. The Bertz CT molecular complexity index is 865. The summed E-state index contributed by atoms with van der Waals surface area (Å²) in [4.78, 5) is 0.166. The van der Waals surface area contributed by atoms with Crippen LogP contribution in [0.3, 0.4) is 0 Å². The van der Waals surface area contributed by atoms with Crippen molar-refractivity contribution >= 4 is 10.0 Å². The second kappa shape index (κ2) is 5.99. The quantitative estimate of drug-likeness (QED) is 0.915. The first-order valence-electron chi connectivity index (χ1n) is 7.74. The van der Waals surface area contributed by atoms with Crippen LogP contribution in [-0.2, 0) is 10.0 Å². The molecule has 2 aliphatic heterocycles. The fraction of sp³-hybridized carbons (Fsp3) is 0.294. The molecule has 4 rings (SSSR count). The zero-order valence-corrected chi connectivity index (χ0v) is 13.7. The summed E-state index contributed by atoms with van der Waals surface area (Å²) in [5.41, 5.74) is 1.03. The van der Waals surface area contributed by atoms with E-state index >= 15 is 0 Å². The third-order valence-corrected chi connectivity index (χ3v) is 5.56. The minimum absolute atomic E-state index is 0.00758. The molecule has 2 aromatic carbocycles. The molecule has 0 saturated heterocycles. The minimum Gasteiger partial charge on any atom is -0.493 e. The van der Waals surface area contributed by atoms with Crippen LogP contribution in [0.25, 0.3) is 0 Å². The van der Waals surface area contributed by atoms with E-state index in [4.69, 9.17) is 14.2 Å². The fourth-order valence-corrected chi connectivity index (χ4v) is 3.98. The molecule has 2 heterocycles. The Hall–Kier alpha value is -2.25. The molecule has 0 aromatic heterocycles. The van der Waals surface area contributed by atoms with Crippen molar-refractivity contribution in [2.75, 3.05) is 26.4 Å². The molecule has 126 valence electrons. The van der Waals surface area contributed by atoms with Gasteiger partial charge in [-0.3, -0.25) is 0 Å². The molecular formula is C17H17NO5S. The van der Waals surface area contributed by atoms with Gasteiger partial charge in [0, 0.05) is 24.1 Å². The molecule has 6 nitrogen and oxygen atoms in total. The first kappa shape index (κ1) is 15.3. The number of nitrogens with one attached hydrogen (secondary N) is 1. The molecule has 0 bridgehead atoms. The second-order valence-corrected chi connectivity index (χ2v) is 7.47. The van der Waals surface area contributed by atoms with Gasteiger partial charge in [0.1, 0.15) is 19.0 Å². The summed E-state index contributed by atoms with van der Waals surface area (Å²) < 4.78 is 44.2. The summed E-state index contributed by atoms with van der Waals surface area (Å²) in [5.74, 6) is 1.85. The summed E-state index contributed by atoms with van der Waals surface area (Å²) >= 11 is 0. The lowest BCUT2D eigenvalue weighted by molar-refractivity contribution is 0.171. The largest absolute Gasteiger partial charge is 0.493 e. The van der Waals surface area contributed by atoms with Crippen LogP contribution in [0.2, 0.25) is 0 Å².